The number of rotatable bonds is 6. The largest absolute Gasteiger partial charge is 0.352 e. The van der Waals surface area contributed by atoms with Crippen LogP contribution in [0.1, 0.15) is 23.6 Å². The first-order chi connectivity index (χ1) is 15.4. The van der Waals surface area contributed by atoms with Crippen molar-refractivity contribution in [1.29, 1.82) is 0 Å². The molecule has 0 saturated heterocycles. The minimum Gasteiger partial charge on any atom is -0.352 e. The Labute approximate surface area is 198 Å². The molecule has 0 unspecified atom stereocenters. The molecule has 1 aliphatic rings. The minimum absolute atomic E-state index is 0.0360. The van der Waals surface area contributed by atoms with E-state index >= 15 is 0 Å². The molecule has 6 heteroatoms. The number of aryl methyl sites for hydroxylation is 1. The Morgan fingerprint density at radius 3 is 2.50 bits per heavy atom. The molecule has 3 aromatic carbocycles. The van der Waals surface area contributed by atoms with E-state index < -0.39 is 11.2 Å². The lowest BCUT2D eigenvalue weighted by Crippen LogP contribution is -2.47. The summed E-state index contributed by atoms with van der Waals surface area (Å²) in [4.78, 5) is 29.3. The normalized spacial score (nSPS) is 16.4. The number of halogens is 1. The minimum atomic E-state index is -0.487. The average molecular weight is 465 g/mol. The molecule has 0 fully saturated rings. The number of para-hydroxylation sites is 1. The van der Waals surface area contributed by atoms with E-state index in [1.807, 2.05) is 66.4 Å². The zero-order chi connectivity index (χ0) is 22.7. The van der Waals surface area contributed by atoms with E-state index in [0.717, 1.165) is 27.3 Å². The fraction of sp³-hybridized carbons (Fsp3) is 0.231. The van der Waals surface area contributed by atoms with Crippen molar-refractivity contribution in [2.24, 2.45) is 5.92 Å². The maximum atomic E-state index is 13.6. The zero-order valence-electron chi connectivity index (χ0n) is 18.0. The molecule has 4 nitrogen and oxygen atoms in total. The lowest BCUT2D eigenvalue weighted by molar-refractivity contribution is -0.128. The third kappa shape index (κ3) is 4.84. The van der Waals surface area contributed by atoms with Crippen LogP contribution in [0.3, 0.4) is 0 Å². The van der Waals surface area contributed by atoms with Gasteiger partial charge in [-0.2, -0.15) is 0 Å². The van der Waals surface area contributed by atoms with E-state index in [1.165, 1.54) is 11.8 Å². The summed E-state index contributed by atoms with van der Waals surface area (Å²) in [6.07, 6.45) is 0. The van der Waals surface area contributed by atoms with Gasteiger partial charge in [-0.1, -0.05) is 67.1 Å². The van der Waals surface area contributed by atoms with E-state index in [9.17, 15) is 9.59 Å². The third-order valence-corrected chi connectivity index (χ3v) is 7.47. The fourth-order valence-electron chi connectivity index (χ4n) is 3.77. The van der Waals surface area contributed by atoms with Gasteiger partial charge in [-0.25, -0.2) is 0 Å². The van der Waals surface area contributed by atoms with Gasteiger partial charge in [0.05, 0.1) is 18.2 Å². The molecule has 0 saturated carbocycles. The second-order valence-electron chi connectivity index (χ2n) is 7.99. The summed E-state index contributed by atoms with van der Waals surface area (Å²) in [7, 11) is 0. The Morgan fingerprint density at radius 2 is 1.75 bits per heavy atom. The highest BCUT2D eigenvalue weighted by molar-refractivity contribution is 8.01. The van der Waals surface area contributed by atoms with E-state index in [4.69, 9.17) is 11.6 Å². The standard InChI is InChI=1S/C26H25ClN2O2S/c1-17-7-3-4-8-20(17)16-29-22-9-5-6-10-23(22)32-24(26(29)31)18(2)25(30)28-15-19-11-13-21(27)14-12-19/h3-14,18,24H,15-16H2,1-2H3,(H,28,30)/t18-,24+/m0/s1. The van der Waals surface area contributed by atoms with Gasteiger partial charge in [-0.05, 0) is 47.9 Å². The molecule has 0 aromatic heterocycles. The first kappa shape index (κ1) is 22.4. The number of nitrogens with zero attached hydrogens (tertiary/aromatic N) is 1. The van der Waals surface area contributed by atoms with Gasteiger partial charge in [0.2, 0.25) is 11.8 Å². The van der Waals surface area contributed by atoms with Crippen molar-refractivity contribution >= 4 is 40.9 Å². The fourth-order valence-corrected chi connectivity index (χ4v) is 5.18. The van der Waals surface area contributed by atoms with E-state index in [1.54, 1.807) is 12.1 Å². The number of benzene rings is 3. The molecular weight excluding hydrogens is 440 g/mol. The molecule has 164 valence electrons. The van der Waals surface area contributed by atoms with Crippen LogP contribution in [-0.4, -0.2) is 17.1 Å². The predicted molar refractivity (Wildman–Crippen MR) is 131 cm³/mol. The van der Waals surface area contributed by atoms with Gasteiger partial charge in [-0.15, -0.1) is 11.8 Å². The first-order valence-electron chi connectivity index (χ1n) is 10.6. The van der Waals surface area contributed by atoms with Crippen molar-refractivity contribution in [3.63, 3.8) is 0 Å². The number of hydrogen-bond donors (Lipinski definition) is 1. The number of nitrogens with one attached hydrogen (secondary N) is 1. The van der Waals surface area contributed by atoms with Crippen LogP contribution in [-0.2, 0) is 22.7 Å². The number of fused-ring (bicyclic) bond motifs is 1. The summed E-state index contributed by atoms with van der Waals surface area (Å²) in [6.45, 7) is 4.76. The van der Waals surface area contributed by atoms with Gasteiger partial charge in [0, 0.05) is 16.5 Å². The number of anilines is 1. The lowest BCUT2D eigenvalue weighted by atomic mass is 10.0. The van der Waals surface area contributed by atoms with Crippen LogP contribution < -0.4 is 10.2 Å². The monoisotopic (exact) mass is 464 g/mol. The maximum Gasteiger partial charge on any atom is 0.241 e. The Hall–Kier alpha value is -2.76. The van der Waals surface area contributed by atoms with Gasteiger partial charge in [0.25, 0.3) is 0 Å². The van der Waals surface area contributed by atoms with Gasteiger partial charge >= 0.3 is 0 Å². The molecule has 2 atom stereocenters. The van der Waals surface area contributed by atoms with E-state index in [-0.39, 0.29) is 11.8 Å². The molecule has 0 radical (unpaired) electrons. The summed E-state index contributed by atoms with van der Waals surface area (Å²) >= 11 is 7.41. The Balaban J connectivity index is 1.53. The summed E-state index contributed by atoms with van der Waals surface area (Å²) in [5, 5.41) is 3.14. The number of hydrogen-bond acceptors (Lipinski definition) is 3. The van der Waals surface area contributed by atoms with Crippen molar-refractivity contribution in [2.45, 2.75) is 37.1 Å². The second-order valence-corrected chi connectivity index (χ2v) is 9.61. The molecule has 1 heterocycles. The topological polar surface area (TPSA) is 49.4 Å². The summed E-state index contributed by atoms with van der Waals surface area (Å²) in [5.41, 5.74) is 4.10. The van der Waals surface area contributed by atoms with Gasteiger partial charge < -0.3 is 10.2 Å². The predicted octanol–water partition coefficient (Wildman–Crippen LogP) is 5.61. The van der Waals surface area contributed by atoms with Crippen LogP contribution in [0.25, 0.3) is 0 Å². The quantitative estimate of drug-likeness (QED) is 0.516. The highest BCUT2D eigenvalue weighted by Crippen LogP contribution is 2.42. The van der Waals surface area contributed by atoms with Crippen molar-refractivity contribution < 1.29 is 9.59 Å². The van der Waals surface area contributed by atoms with Crippen LogP contribution in [0.5, 0.6) is 0 Å². The summed E-state index contributed by atoms with van der Waals surface area (Å²) < 4.78 is 0. The molecule has 3 aromatic rings. The van der Waals surface area contributed by atoms with Crippen LogP contribution >= 0.6 is 23.4 Å². The first-order valence-corrected chi connectivity index (χ1v) is 11.8. The molecule has 0 bridgehead atoms. The highest BCUT2D eigenvalue weighted by atomic mass is 35.5. The van der Waals surface area contributed by atoms with E-state index in [0.29, 0.717) is 18.1 Å². The van der Waals surface area contributed by atoms with Gasteiger partial charge in [0.15, 0.2) is 0 Å². The Kier molecular flexibility index (Phi) is 6.87. The van der Waals surface area contributed by atoms with E-state index in [2.05, 4.69) is 18.3 Å². The van der Waals surface area contributed by atoms with Gasteiger partial charge in [-0.3, -0.25) is 9.59 Å². The zero-order valence-corrected chi connectivity index (χ0v) is 19.6. The van der Waals surface area contributed by atoms with Gasteiger partial charge in [0.1, 0.15) is 5.25 Å². The van der Waals surface area contributed by atoms with Crippen molar-refractivity contribution in [3.05, 3.63) is 94.5 Å². The molecule has 1 N–H and O–H groups in total. The third-order valence-electron chi connectivity index (χ3n) is 5.76. The van der Waals surface area contributed by atoms with Crippen LogP contribution in [0.4, 0.5) is 5.69 Å². The smallest absolute Gasteiger partial charge is 0.241 e. The molecule has 1 aliphatic heterocycles. The summed E-state index contributed by atoms with van der Waals surface area (Å²) in [6, 6.07) is 23.3. The van der Waals surface area contributed by atoms with Crippen LogP contribution in [0.15, 0.2) is 77.7 Å². The Bertz CT molecular complexity index is 1130. The number of carbonyl (C=O) groups is 2. The van der Waals surface area contributed by atoms with Crippen molar-refractivity contribution in [3.8, 4) is 0 Å². The highest BCUT2D eigenvalue weighted by Gasteiger charge is 2.39. The van der Waals surface area contributed by atoms with Crippen molar-refractivity contribution in [2.75, 3.05) is 4.90 Å². The molecule has 0 spiro atoms. The SMILES string of the molecule is Cc1ccccc1CN1C(=O)[C@@H]([C@H](C)C(=O)NCc2ccc(Cl)cc2)Sc2ccccc21. The molecule has 4 rings (SSSR count). The number of amides is 2. The Morgan fingerprint density at radius 1 is 1.06 bits per heavy atom. The van der Waals surface area contributed by atoms with Crippen LogP contribution in [0.2, 0.25) is 5.02 Å². The number of thioether (sulfide) groups is 1. The maximum absolute atomic E-state index is 13.6. The molecule has 32 heavy (non-hydrogen) atoms. The second kappa shape index (κ2) is 9.80. The summed E-state index contributed by atoms with van der Waals surface area (Å²) in [5.74, 6) is -0.653. The average Bonchev–Trinajstić information content (AvgIpc) is 2.81. The molecule has 0 aliphatic carbocycles. The number of carbonyl (C=O) groups excluding carboxylic acids is 2. The van der Waals surface area contributed by atoms with Crippen molar-refractivity contribution in [1.82, 2.24) is 5.32 Å². The lowest BCUT2D eigenvalue weighted by Gasteiger charge is -2.36. The van der Waals surface area contributed by atoms with Crippen LogP contribution in [0, 0.1) is 12.8 Å². The molecular formula is C26H25ClN2O2S. The molecule has 2 amide bonds.